The Labute approximate surface area is 130 Å². The molecule has 114 valence electrons. The lowest BCUT2D eigenvalue weighted by molar-refractivity contribution is 0.0485. The van der Waals surface area contributed by atoms with Crippen LogP contribution in [-0.2, 0) is 10.2 Å². The second-order valence-electron chi connectivity index (χ2n) is 6.13. The molecule has 1 fully saturated rings. The fourth-order valence-corrected chi connectivity index (χ4v) is 3.42. The number of fused-ring (bicyclic) bond motifs is 1. The zero-order valence-corrected chi connectivity index (χ0v) is 13.4. The Bertz CT molecular complexity index is 644. The molecule has 2 aromatic rings. The highest BCUT2D eigenvalue weighted by atomic mass is 35.5. The van der Waals surface area contributed by atoms with E-state index < -0.39 is 0 Å². The number of halogens is 1. The van der Waals surface area contributed by atoms with Gasteiger partial charge in [-0.05, 0) is 44.9 Å². The Morgan fingerprint density at radius 2 is 2.10 bits per heavy atom. The number of rotatable bonds is 3. The van der Waals surface area contributed by atoms with E-state index in [4.69, 9.17) is 27.1 Å². The molecule has 2 N–H and O–H groups in total. The Morgan fingerprint density at radius 3 is 2.71 bits per heavy atom. The molecule has 2 heterocycles. The van der Waals surface area contributed by atoms with Crippen molar-refractivity contribution in [2.24, 2.45) is 5.73 Å². The molecule has 0 saturated carbocycles. The van der Waals surface area contributed by atoms with Gasteiger partial charge in [0.05, 0.1) is 11.0 Å². The van der Waals surface area contributed by atoms with E-state index in [1.54, 1.807) is 0 Å². The van der Waals surface area contributed by atoms with Crippen LogP contribution in [0.25, 0.3) is 11.0 Å². The summed E-state index contributed by atoms with van der Waals surface area (Å²) < 4.78 is 7.84. The predicted octanol–water partition coefficient (Wildman–Crippen LogP) is 3.28. The first-order valence-corrected chi connectivity index (χ1v) is 7.91. The van der Waals surface area contributed by atoms with Gasteiger partial charge in [-0.15, -0.1) is 0 Å². The first kappa shape index (κ1) is 14.8. The molecule has 0 unspecified atom stereocenters. The number of ether oxygens (including phenoxy) is 1. The number of hydrogen-bond acceptors (Lipinski definition) is 3. The van der Waals surface area contributed by atoms with Gasteiger partial charge in [0, 0.05) is 36.2 Å². The lowest BCUT2D eigenvalue weighted by Crippen LogP contribution is -2.43. The van der Waals surface area contributed by atoms with Crippen LogP contribution in [-0.4, -0.2) is 29.3 Å². The Balaban J connectivity index is 2.22. The molecule has 1 saturated heterocycles. The highest BCUT2D eigenvalue weighted by Gasteiger charge is 2.38. The standard InChI is InChI=1S/C16H22ClN3O/c1-11(2)20-14-4-3-12(17)9-13(14)19-15(20)16(10-18)5-7-21-8-6-16/h3-4,9,11H,5-8,10,18H2,1-2H3. The van der Waals surface area contributed by atoms with Crippen LogP contribution in [0.4, 0.5) is 0 Å². The highest BCUT2D eigenvalue weighted by molar-refractivity contribution is 6.31. The molecule has 0 amide bonds. The van der Waals surface area contributed by atoms with Gasteiger partial charge in [-0.25, -0.2) is 4.98 Å². The fraction of sp³-hybridized carbons (Fsp3) is 0.562. The first-order chi connectivity index (χ1) is 10.1. The molecule has 1 aromatic heterocycles. The maximum Gasteiger partial charge on any atom is 0.117 e. The van der Waals surface area contributed by atoms with Gasteiger partial charge in [-0.3, -0.25) is 0 Å². The average Bonchev–Trinajstić information content (AvgIpc) is 2.87. The normalized spacial score (nSPS) is 18.5. The van der Waals surface area contributed by atoms with E-state index in [1.165, 1.54) is 0 Å². The molecule has 3 rings (SSSR count). The summed E-state index contributed by atoms with van der Waals surface area (Å²) in [4.78, 5) is 4.90. The molecular formula is C16H22ClN3O. The quantitative estimate of drug-likeness (QED) is 0.947. The van der Waals surface area contributed by atoms with Gasteiger partial charge < -0.3 is 15.0 Å². The van der Waals surface area contributed by atoms with Gasteiger partial charge >= 0.3 is 0 Å². The van der Waals surface area contributed by atoms with E-state index in [2.05, 4.69) is 24.5 Å². The maximum absolute atomic E-state index is 6.16. The third-order valence-electron chi connectivity index (χ3n) is 4.48. The molecule has 1 aromatic carbocycles. The minimum Gasteiger partial charge on any atom is -0.381 e. The first-order valence-electron chi connectivity index (χ1n) is 7.53. The van der Waals surface area contributed by atoms with Crippen molar-refractivity contribution >= 4 is 22.6 Å². The minimum atomic E-state index is -0.0893. The highest BCUT2D eigenvalue weighted by Crippen LogP contribution is 2.37. The summed E-state index contributed by atoms with van der Waals surface area (Å²) >= 11 is 6.12. The minimum absolute atomic E-state index is 0.0893. The van der Waals surface area contributed by atoms with Gasteiger partial charge in [0.1, 0.15) is 5.82 Å². The van der Waals surface area contributed by atoms with Crippen molar-refractivity contribution in [3.05, 3.63) is 29.0 Å². The van der Waals surface area contributed by atoms with Gasteiger partial charge in [-0.1, -0.05) is 11.6 Å². The number of nitrogens with zero attached hydrogens (tertiary/aromatic N) is 2. The van der Waals surface area contributed by atoms with Gasteiger partial charge in [0.15, 0.2) is 0 Å². The zero-order chi connectivity index (χ0) is 15.0. The van der Waals surface area contributed by atoms with Crippen molar-refractivity contribution in [1.29, 1.82) is 0 Å². The van der Waals surface area contributed by atoms with Crippen molar-refractivity contribution in [1.82, 2.24) is 9.55 Å². The van der Waals surface area contributed by atoms with Gasteiger partial charge in [0.2, 0.25) is 0 Å². The molecule has 0 radical (unpaired) electrons. The van der Waals surface area contributed by atoms with Crippen molar-refractivity contribution < 1.29 is 4.74 Å². The summed E-state index contributed by atoms with van der Waals surface area (Å²) in [5.41, 5.74) is 8.14. The summed E-state index contributed by atoms with van der Waals surface area (Å²) in [6, 6.07) is 6.24. The van der Waals surface area contributed by atoms with Crippen LogP contribution in [0.3, 0.4) is 0 Å². The number of imidazole rings is 1. The largest absolute Gasteiger partial charge is 0.381 e. The predicted molar refractivity (Wildman–Crippen MR) is 85.9 cm³/mol. The van der Waals surface area contributed by atoms with Crippen molar-refractivity contribution in [2.75, 3.05) is 19.8 Å². The lowest BCUT2D eigenvalue weighted by Gasteiger charge is -2.36. The zero-order valence-electron chi connectivity index (χ0n) is 12.6. The summed E-state index contributed by atoms with van der Waals surface area (Å²) in [5.74, 6) is 1.08. The number of aromatic nitrogens is 2. The molecule has 1 aliphatic heterocycles. The Kier molecular flexibility index (Phi) is 3.95. The van der Waals surface area contributed by atoms with Crippen molar-refractivity contribution in [3.8, 4) is 0 Å². The molecule has 0 aliphatic carbocycles. The number of hydrogen-bond donors (Lipinski definition) is 1. The number of nitrogens with two attached hydrogens (primary N) is 1. The third kappa shape index (κ3) is 2.45. The summed E-state index contributed by atoms with van der Waals surface area (Å²) in [6.07, 6.45) is 1.85. The molecule has 0 spiro atoms. The monoisotopic (exact) mass is 307 g/mol. The van der Waals surface area contributed by atoms with Crippen LogP contribution in [0.2, 0.25) is 5.02 Å². The van der Waals surface area contributed by atoms with E-state index in [1.807, 2.05) is 12.1 Å². The summed E-state index contributed by atoms with van der Waals surface area (Å²) in [6.45, 7) is 6.46. The molecule has 1 aliphatic rings. The smallest absolute Gasteiger partial charge is 0.117 e. The fourth-order valence-electron chi connectivity index (χ4n) is 3.25. The average molecular weight is 308 g/mol. The van der Waals surface area contributed by atoms with Crippen LogP contribution in [0.1, 0.15) is 38.6 Å². The molecule has 0 bridgehead atoms. The van der Waals surface area contributed by atoms with Crippen LogP contribution < -0.4 is 5.73 Å². The van der Waals surface area contributed by atoms with Crippen molar-refractivity contribution in [3.63, 3.8) is 0 Å². The lowest BCUT2D eigenvalue weighted by atomic mass is 9.79. The molecule has 4 nitrogen and oxygen atoms in total. The molecule has 0 atom stereocenters. The maximum atomic E-state index is 6.16. The van der Waals surface area contributed by atoms with Crippen LogP contribution in [0, 0.1) is 0 Å². The Morgan fingerprint density at radius 1 is 1.38 bits per heavy atom. The van der Waals surface area contributed by atoms with Crippen LogP contribution in [0.5, 0.6) is 0 Å². The molecular weight excluding hydrogens is 286 g/mol. The molecule has 5 heteroatoms. The van der Waals surface area contributed by atoms with E-state index in [-0.39, 0.29) is 5.41 Å². The number of benzene rings is 1. The molecule has 21 heavy (non-hydrogen) atoms. The van der Waals surface area contributed by atoms with E-state index in [0.29, 0.717) is 12.6 Å². The van der Waals surface area contributed by atoms with E-state index in [0.717, 1.165) is 47.9 Å². The summed E-state index contributed by atoms with van der Waals surface area (Å²) in [5, 5.41) is 0.719. The Hall–Kier alpha value is -1.10. The van der Waals surface area contributed by atoms with E-state index in [9.17, 15) is 0 Å². The third-order valence-corrected chi connectivity index (χ3v) is 4.72. The topological polar surface area (TPSA) is 53.1 Å². The second kappa shape index (κ2) is 5.59. The van der Waals surface area contributed by atoms with Gasteiger partial charge in [0.25, 0.3) is 0 Å². The van der Waals surface area contributed by atoms with Crippen molar-refractivity contribution in [2.45, 2.75) is 38.1 Å². The summed E-state index contributed by atoms with van der Waals surface area (Å²) in [7, 11) is 0. The van der Waals surface area contributed by atoms with E-state index >= 15 is 0 Å². The SMILES string of the molecule is CC(C)n1c(C2(CN)CCOCC2)nc2cc(Cl)ccc21. The second-order valence-corrected chi connectivity index (χ2v) is 6.57. The van der Waals surface area contributed by atoms with Crippen LogP contribution in [0.15, 0.2) is 18.2 Å². The van der Waals surface area contributed by atoms with Gasteiger partial charge in [-0.2, -0.15) is 0 Å². The van der Waals surface area contributed by atoms with Crippen LogP contribution >= 0.6 is 11.6 Å².